The third-order valence-corrected chi connectivity index (χ3v) is 3.70. The molecule has 1 aliphatic rings. The molecule has 0 radical (unpaired) electrons. The summed E-state index contributed by atoms with van der Waals surface area (Å²) in [5.41, 5.74) is 2.62. The Morgan fingerprint density at radius 2 is 2.25 bits per heavy atom. The van der Waals surface area contributed by atoms with E-state index < -0.39 is 0 Å². The molecule has 12 heavy (non-hydrogen) atoms. The fourth-order valence-corrected chi connectivity index (χ4v) is 1.97. The summed E-state index contributed by atoms with van der Waals surface area (Å²) in [4.78, 5) is 0. The standard InChI is InChI=1S/C10H14ClN/c1-7-8(4-5-12)6-9(11)10(7,2)3/h9H,4,6H2,1-3H3. The highest BCUT2D eigenvalue weighted by Crippen LogP contribution is 2.45. The summed E-state index contributed by atoms with van der Waals surface area (Å²) in [6.45, 7) is 6.38. The number of rotatable bonds is 1. The van der Waals surface area contributed by atoms with Crippen LogP contribution in [-0.4, -0.2) is 5.38 Å². The van der Waals surface area contributed by atoms with Crippen LogP contribution in [0.15, 0.2) is 11.1 Å². The normalized spacial score (nSPS) is 27.4. The number of hydrogen-bond acceptors (Lipinski definition) is 1. The van der Waals surface area contributed by atoms with Crippen molar-refractivity contribution >= 4 is 11.6 Å². The Morgan fingerprint density at radius 1 is 1.67 bits per heavy atom. The Kier molecular flexibility index (Phi) is 2.49. The van der Waals surface area contributed by atoms with Gasteiger partial charge in [-0.1, -0.05) is 25.0 Å². The first-order chi connectivity index (χ1) is 5.50. The highest BCUT2D eigenvalue weighted by atomic mass is 35.5. The van der Waals surface area contributed by atoms with Crippen LogP contribution in [0.5, 0.6) is 0 Å². The molecule has 0 aromatic heterocycles. The van der Waals surface area contributed by atoms with E-state index in [9.17, 15) is 0 Å². The maximum Gasteiger partial charge on any atom is 0.0666 e. The molecule has 0 amide bonds. The van der Waals surface area contributed by atoms with Crippen molar-refractivity contribution < 1.29 is 0 Å². The predicted octanol–water partition coefficient (Wildman–Crippen LogP) is 3.25. The molecule has 1 aliphatic carbocycles. The highest BCUT2D eigenvalue weighted by Gasteiger charge is 2.37. The van der Waals surface area contributed by atoms with Crippen LogP contribution < -0.4 is 0 Å². The lowest BCUT2D eigenvalue weighted by atomic mass is 9.86. The Bertz CT molecular complexity index is 258. The first kappa shape index (κ1) is 9.61. The van der Waals surface area contributed by atoms with E-state index in [1.54, 1.807) is 0 Å². The lowest BCUT2D eigenvalue weighted by Gasteiger charge is -2.24. The van der Waals surface area contributed by atoms with E-state index in [2.05, 4.69) is 26.8 Å². The lowest BCUT2D eigenvalue weighted by Crippen LogP contribution is -2.19. The molecule has 2 heteroatoms. The van der Waals surface area contributed by atoms with Gasteiger partial charge in [-0.15, -0.1) is 11.6 Å². The molecule has 0 aromatic rings. The average molecular weight is 184 g/mol. The second kappa shape index (κ2) is 3.11. The van der Waals surface area contributed by atoms with E-state index in [0.717, 1.165) is 6.42 Å². The monoisotopic (exact) mass is 183 g/mol. The second-order valence-corrected chi connectivity index (χ2v) is 4.48. The Balaban J connectivity index is 2.92. The van der Waals surface area contributed by atoms with E-state index in [0.29, 0.717) is 6.42 Å². The number of hydrogen-bond donors (Lipinski definition) is 0. The molecular formula is C10H14ClN. The average Bonchev–Trinajstić information content (AvgIpc) is 2.17. The SMILES string of the molecule is CC1=C(CC#N)CC(Cl)C1(C)C. The third-order valence-electron chi connectivity index (χ3n) is 3.00. The quantitative estimate of drug-likeness (QED) is 0.452. The number of allylic oxidation sites excluding steroid dienone is 2. The molecule has 0 aliphatic heterocycles. The van der Waals surface area contributed by atoms with Crippen LogP contribution in [0.1, 0.15) is 33.6 Å². The van der Waals surface area contributed by atoms with E-state index in [4.69, 9.17) is 16.9 Å². The fourth-order valence-electron chi connectivity index (χ4n) is 1.62. The zero-order valence-corrected chi connectivity index (χ0v) is 8.57. The van der Waals surface area contributed by atoms with Crippen LogP contribution in [-0.2, 0) is 0 Å². The molecule has 0 heterocycles. The molecule has 1 nitrogen and oxygen atoms in total. The smallest absolute Gasteiger partial charge is 0.0666 e. The molecule has 0 saturated heterocycles. The summed E-state index contributed by atoms with van der Waals surface area (Å²) >= 11 is 6.18. The summed E-state index contributed by atoms with van der Waals surface area (Å²) < 4.78 is 0. The molecule has 0 spiro atoms. The molecule has 1 atom stereocenters. The van der Waals surface area contributed by atoms with Gasteiger partial charge in [-0.2, -0.15) is 5.26 Å². The maximum atomic E-state index is 8.57. The van der Waals surface area contributed by atoms with Gasteiger partial charge < -0.3 is 0 Å². The van der Waals surface area contributed by atoms with E-state index in [1.807, 2.05) is 0 Å². The minimum absolute atomic E-state index is 0.0771. The van der Waals surface area contributed by atoms with Crippen LogP contribution in [0.25, 0.3) is 0 Å². The Labute approximate surface area is 79.0 Å². The van der Waals surface area contributed by atoms with Crippen LogP contribution in [0.4, 0.5) is 0 Å². The van der Waals surface area contributed by atoms with Gasteiger partial charge in [0.05, 0.1) is 12.5 Å². The fraction of sp³-hybridized carbons (Fsp3) is 0.700. The minimum atomic E-state index is 0.0771. The summed E-state index contributed by atoms with van der Waals surface area (Å²) in [7, 11) is 0. The van der Waals surface area contributed by atoms with Crippen LogP contribution >= 0.6 is 11.6 Å². The maximum absolute atomic E-state index is 8.57. The molecule has 1 rings (SSSR count). The molecule has 66 valence electrons. The van der Waals surface area contributed by atoms with Crippen molar-refractivity contribution in [3.63, 3.8) is 0 Å². The van der Waals surface area contributed by atoms with Gasteiger partial charge in [0.1, 0.15) is 0 Å². The van der Waals surface area contributed by atoms with E-state index in [-0.39, 0.29) is 10.8 Å². The Hall–Kier alpha value is -0.480. The van der Waals surface area contributed by atoms with Gasteiger partial charge in [-0.3, -0.25) is 0 Å². The van der Waals surface area contributed by atoms with Crippen molar-refractivity contribution in [3.8, 4) is 6.07 Å². The number of nitriles is 1. The van der Waals surface area contributed by atoms with Crippen molar-refractivity contribution in [3.05, 3.63) is 11.1 Å². The molecule has 1 unspecified atom stereocenters. The third kappa shape index (κ3) is 1.36. The number of halogens is 1. The summed E-state index contributed by atoms with van der Waals surface area (Å²) in [6.07, 6.45) is 1.42. The summed E-state index contributed by atoms with van der Waals surface area (Å²) in [6, 6.07) is 2.18. The van der Waals surface area contributed by atoms with Gasteiger partial charge in [0.15, 0.2) is 0 Å². The minimum Gasteiger partial charge on any atom is -0.198 e. The van der Waals surface area contributed by atoms with E-state index >= 15 is 0 Å². The topological polar surface area (TPSA) is 23.8 Å². The number of alkyl halides is 1. The molecule has 0 aromatic carbocycles. The van der Waals surface area contributed by atoms with Gasteiger partial charge in [0, 0.05) is 10.8 Å². The second-order valence-electron chi connectivity index (χ2n) is 3.96. The summed E-state index contributed by atoms with van der Waals surface area (Å²) in [5.74, 6) is 0. The summed E-state index contributed by atoms with van der Waals surface area (Å²) in [5, 5.41) is 8.74. The van der Waals surface area contributed by atoms with Crippen molar-refractivity contribution in [1.29, 1.82) is 5.26 Å². The first-order valence-electron chi connectivity index (χ1n) is 4.20. The predicted molar refractivity (Wildman–Crippen MR) is 51.0 cm³/mol. The largest absolute Gasteiger partial charge is 0.198 e. The molecular weight excluding hydrogens is 170 g/mol. The highest BCUT2D eigenvalue weighted by molar-refractivity contribution is 6.21. The zero-order valence-electron chi connectivity index (χ0n) is 7.82. The van der Waals surface area contributed by atoms with E-state index in [1.165, 1.54) is 11.1 Å². The lowest BCUT2D eigenvalue weighted by molar-refractivity contribution is 0.451. The van der Waals surface area contributed by atoms with Crippen molar-refractivity contribution in [1.82, 2.24) is 0 Å². The molecule has 0 bridgehead atoms. The van der Waals surface area contributed by atoms with Crippen molar-refractivity contribution in [2.24, 2.45) is 5.41 Å². The van der Waals surface area contributed by atoms with Gasteiger partial charge in [0.25, 0.3) is 0 Å². The van der Waals surface area contributed by atoms with Crippen LogP contribution in [0, 0.1) is 16.7 Å². The zero-order chi connectivity index (χ0) is 9.35. The van der Waals surface area contributed by atoms with Crippen molar-refractivity contribution in [2.75, 3.05) is 0 Å². The van der Waals surface area contributed by atoms with Gasteiger partial charge in [-0.05, 0) is 13.3 Å². The molecule has 0 N–H and O–H groups in total. The van der Waals surface area contributed by atoms with Gasteiger partial charge in [-0.25, -0.2) is 0 Å². The Morgan fingerprint density at radius 3 is 2.58 bits per heavy atom. The van der Waals surface area contributed by atoms with Crippen molar-refractivity contribution in [2.45, 2.75) is 39.0 Å². The van der Waals surface area contributed by atoms with Crippen LogP contribution in [0.2, 0.25) is 0 Å². The molecule has 0 saturated carbocycles. The number of nitrogens with zero attached hydrogens (tertiary/aromatic N) is 1. The first-order valence-corrected chi connectivity index (χ1v) is 4.64. The molecule has 0 fully saturated rings. The van der Waals surface area contributed by atoms with Crippen LogP contribution in [0.3, 0.4) is 0 Å². The van der Waals surface area contributed by atoms with Gasteiger partial charge >= 0.3 is 0 Å². The van der Waals surface area contributed by atoms with Gasteiger partial charge in [0.2, 0.25) is 0 Å².